The second-order valence-electron chi connectivity index (χ2n) is 3.31. The van der Waals surface area contributed by atoms with Crippen LogP contribution >= 0.6 is 15.9 Å². The van der Waals surface area contributed by atoms with Crippen molar-refractivity contribution in [1.82, 2.24) is 0 Å². The van der Waals surface area contributed by atoms with Crippen LogP contribution in [-0.4, -0.2) is 33.1 Å². The molecule has 3 nitrogen and oxygen atoms in total. The van der Waals surface area contributed by atoms with Crippen LogP contribution in [0.2, 0.25) is 0 Å². The molecule has 18 heavy (non-hydrogen) atoms. The molecule has 0 saturated heterocycles. The van der Waals surface area contributed by atoms with Crippen LogP contribution in [0, 0.1) is 0 Å². The second kappa shape index (κ2) is 6.84. The van der Waals surface area contributed by atoms with E-state index < -0.39 is 12.8 Å². The normalized spacial score (nSPS) is 11.4. The third kappa shape index (κ3) is 5.59. The van der Waals surface area contributed by atoms with Gasteiger partial charge in [-0.1, -0.05) is 0 Å². The summed E-state index contributed by atoms with van der Waals surface area (Å²) in [6.07, 6.45) is -4.30. The molecule has 0 fully saturated rings. The molecule has 0 aromatic heterocycles. The Labute approximate surface area is 111 Å². The average Bonchev–Trinajstić information content (AvgIpc) is 2.29. The molecule has 102 valence electrons. The Morgan fingerprint density at radius 1 is 1.22 bits per heavy atom. The lowest BCUT2D eigenvalue weighted by atomic mass is 10.3. The number of methoxy groups -OCH3 is 1. The fourth-order valence-corrected chi connectivity index (χ4v) is 1.60. The Balaban J connectivity index is 2.31. The van der Waals surface area contributed by atoms with Crippen LogP contribution in [-0.2, 0) is 4.74 Å². The summed E-state index contributed by atoms with van der Waals surface area (Å²) >= 11 is 3.26. The summed E-state index contributed by atoms with van der Waals surface area (Å²) < 4.78 is 50.6. The Bertz CT molecular complexity index is 382. The van der Waals surface area contributed by atoms with Crippen molar-refractivity contribution in [2.75, 3.05) is 26.9 Å². The second-order valence-corrected chi connectivity index (χ2v) is 4.17. The van der Waals surface area contributed by atoms with Gasteiger partial charge in [-0.15, -0.1) is 0 Å². The van der Waals surface area contributed by atoms with Gasteiger partial charge in [0.2, 0.25) is 0 Å². The van der Waals surface area contributed by atoms with Crippen LogP contribution in [0.15, 0.2) is 22.7 Å². The van der Waals surface area contributed by atoms with Gasteiger partial charge >= 0.3 is 6.18 Å². The zero-order valence-electron chi connectivity index (χ0n) is 9.59. The molecule has 1 rings (SSSR count). The molecule has 7 heteroatoms. The predicted octanol–water partition coefficient (Wildman–Crippen LogP) is 3.42. The van der Waals surface area contributed by atoms with E-state index in [1.54, 1.807) is 18.2 Å². The van der Waals surface area contributed by atoms with Crippen LogP contribution < -0.4 is 9.47 Å². The van der Waals surface area contributed by atoms with Crippen molar-refractivity contribution in [3.63, 3.8) is 0 Å². The fraction of sp³-hybridized carbons (Fsp3) is 0.455. The third-order valence-corrected chi connectivity index (χ3v) is 2.51. The summed E-state index contributed by atoms with van der Waals surface area (Å²) in [4.78, 5) is 0. The van der Waals surface area contributed by atoms with Crippen molar-refractivity contribution in [3.8, 4) is 11.5 Å². The van der Waals surface area contributed by atoms with Crippen molar-refractivity contribution in [2.45, 2.75) is 6.18 Å². The molecule has 1 aromatic carbocycles. The molecule has 0 radical (unpaired) electrons. The van der Waals surface area contributed by atoms with E-state index in [0.717, 1.165) is 0 Å². The average molecular weight is 329 g/mol. The number of benzene rings is 1. The molecule has 1 aromatic rings. The molecule has 0 N–H and O–H groups in total. The smallest absolute Gasteiger partial charge is 0.411 e. The Morgan fingerprint density at radius 2 is 1.94 bits per heavy atom. The van der Waals surface area contributed by atoms with Crippen molar-refractivity contribution in [1.29, 1.82) is 0 Å². The van der Waals surface area contributed by atoms with Gasteiger partial charge in [0.15, 0.2) is 0 Å². The van der Waals surface area contributed by atoms with Crippen LogP contribution in [0.25, 0.3) is 0 Å². The van der Waals surface area contributed by atoms with Gasteiger partial charge in [-0.05, 0) is 34.1 Å². The minimum atomic E-state index is -4.30. The van der Waals surface area contributed by atoms with Crippen molar-refractivity contribution < 1.29 is 27.4 Å². The highest BCUT2D eigenvalue weighted by Gasteiger charge is 2.27. The van der Waals surface area contributed by atoms with Gasteiger partial charge in [0.05, 0.1) is 18.2 Å². The zero-order chi connectivity index (χ0) is 13.6. The standard InChI is InChI=1S/C11H12BrF3O3/c1-16-8-2-3-10(9(12)6-8)18-5-4-17-7-11(13,14)15/h2-3,6H,4-5,7H2,1H3. The molecule has 0 unspecified atom stereocenters. The molecule has 0 aliphatic heterocycles. The molecule has 0 aliphatic carbocycles. The van der Waals surface area contributed by atoms with Crippen molar-refractivity contribution in [2.24, 2.45) is 0 Å². The summed E-state index contributed by atoms with van der Waals surface area (Å²) in [5.74, 6) is 1.17. The SMILES string of the molecule is COc1ccc(OCCOCC(F)(F)F)c(Br)c1. The first-order valence-corrected chi connectivity index (χ1v) is 5.82. The van der Waals surface area contributed by atoms with Gasteiger partial charge in [-0.25, -0.2) is 0 Å². The van der Waals surface area contributed by atoms with Crippen LogP contribution in [0.1, 0.15) is 0 Å². The van der Waals surface area contributed by atoms with Gasteiger partial charge in [0.25, 0.3) is 0 Å². The summed E-state index contributed by atoms with van der Waals surface area (Å²) in [5, 5.41) is 0. The predicted molar refractivity (Wildman–Crippen MR) is 63.1 cm³/mol. The van der Waals surface area contributed by atoms with E-state index in [2.05, 4.69) is 20.7 Å². The van der Waals surface area contributed by atoms with Crippen molar-refractivity contribution >= 4 is 15.9 Å². The number of alkyl halides is 3. The minimum absolute atomic E-state index is 0.0427. The highest BCUT2D eigenvalue weighted by Crippen LogP contribution is 2.29. The largest absolute Gasteiger partial charge is 0.497 e. The maximum Gasteiger partial charge on any atom is 0.411 e. The fourth-order valence-electron chi connectivity index (χ4n) is 1.12. The quantitative estimate of drug-likeness (QED) is 0.749. The molecule has 0 heterocycles. The molecular weight excluding hydrogens is 317 g/mol. The van der Waals surface area contributed by atoms with Gasteiger partial charge < -0.3 is 14.2 Å². The monoisotopic (exact) mass is 328 g/mol. The molecule has 0 amide bonds. The number of ether oxygens (including phenoxy) is 3. The van der Waals surface area contributed by atoms with E-state index in [9.17, 15) is 13.2 Å². The van der Waals surface area contributed by atoms with Crippen LogP contribution in [0.4, 0.5) is 13.2 Å². The summed E-state index contributed by atoms with van der Waals surface area (Å²) in [5.41, 5.74) is 0. The van der Waals surface area contributed by atoms with Crippen LogP contribution in [0.5, 0.6) is 11.5 Å². The minimum Gasteiger partial charge on any atom is -0.497 e. The first-order chi connectivity index (χ1) is 8.42. The summed E-state index contributed by atoms with van der Waals surface area (Å²) in [6, 6.07) is 5.05. The van der Waals surface area contributed by atoms with E-state index in [1.165, 1.54) is 7.11 Å². The van der Waals surface area contributed by atoms with E-state index in [-0.39, 0.29) is 13.2 Å². The van der Waals surface area contributed by atoms with Gasteiger partial charge in [0, 0.05) is 0 Å². The molecular formula is C11H12BrF3O3. The topological polar surface area (TPSA) is 27.7 Å². The molecule has 0 atom stereocenters. The van der Waals surface area contributed by atoms with E-state index in [4.69, 9.17) is 9.47 Å². The lowest BCUT2D eigenvalue weighted by Crippen LogP contribution is -2.19. The van der Waals surface area contributed by atoms with E-state index in [1.807, 2.05) is 0 Å². The number of hydrogen-bond acceptors (Lipinski definition) is 3. The summed E-state index contributed by atoms with van der Waals surface area (Å²) in [7, 11) is 1.54. The Morgan fingerprint density at radius 3 is 2.50 bits per heavy atom. The maximum atomic E-state index is 11.8. The van der Waals surface area contributed by atoms with Crippen LogP contribution in [0.3, 0.4) is 0 Å². The maximum absolute atomic E-state index is 11.8. The van der Waals surface area contributed by atoms with Gasteiger partial charge in [-0.2, -0.15) is 13.2 Å². The van der Waals surface area contributed by atoms with Crippen molar-refractivity contribution in [3.05, 3.63) is 22.7 Å². The first kappa shape index (κ1) is 15.1. The number of halogens is 4. The Hall–Kier alpha value is -0.950. The zero-order valence-corrected chi connectivity index (χ0v) is 11.2. The first-order valence-electron chi connectivity index (χ1n) is 5.03. The summed E-state index contributed by atoms with van der Waals surface area (Å²) in [6.45, 7) is -1.35. The number of hydrogen-bond donors (Lipinski definition) is 0. The van der Waals surface area contributed by atoms with Gasteiger partial charge in [0.1, 0.15) is 24.7 Å². The molecule has 0 saturated carbocycles. The Kier molecular flexibility index (Phi) is 5.74. The highest BCUT2D eigenvalue weighted by molar-refractivity contribution is 9.10. The van der Waals surface area contributed by atoms with E-state index >= 15 is 0 Å². The molecule has 0 aliphatic rings. The lowest BCUT2D eigenvalue weighted by Gasteiger charge is -2.10. The molecule has 0 spiro atoms. The van der Waals surface area contributed by atoms with Gasteiger partial charge in [-0.3, -0.25) is 0 Å². The highest BCUT2D eigenvalue weighted by atomic mass is 79.9. The number of rotatable bonds is 6. The third-order valence-electron chi connectivity index (χ3n) is 1.89. The van der Waals surface area contributed by atoms with E-state index in [0.29, 0.717) is 16.0 Å². The lowest BCUT2D eigenvalue weighted by molar-refractivity contribution is -0.175. The molecule has 0 bridgehead atoms.